The van der Waals surface area contributed by atoms with Gasteiger partial charge in [0.25, 0.3) is 0 Å². The average molecular weight is 379 g/mol. The Bertz CT molecular complexity index is 937. The van der Waals surface area contributed by atoms with E-state index in [0.29, 0.717) is 17.0 Å². The van der Waals surface area contributed by atoms with Gasteiger partial charge in [-0.15, -0.1) is 10.2 Å². The van der Waals surface area contributed by atoms with Gasteiger partial charge in [-0.25, -0.2) is 0 Å². The van der Waals surface area contributed by atoms with Crippen LogP contribution in [0.4, 0.5) is 0 Å². The fourth-order valence-electron chi connectivity index (χ4n) is 2.92. The van der Waals surface area contributed by atoms with Crippen LogP contribution in [0.15, 0.2) is 53.9 Å². The molecule has 2 heterocycles. The summed E-state index contributed by atoms with van der Waals surface area (Å²) >= 11 is 1.41. The van der Waals surface area contributed by atoms with E-state index in [1.807, 2.05) is 28.8 Å². The Morgan fingerprint density at radius 1 is 1.22 bits per heavy atom. The van der Waals surface area contributed by atoms with Crippen LogP contribution in [0, 0.1) is 0 Å². The Morgan fingerprint density at radius 3 is 2.81 bits per heavy atom. The molecule has 6 nitrogen and oxygen atoms in total. The van der Waals surface area contributed by atoms with Crippen LogP contribution in [0.25, 0.3) is 17.1 Å². The summed E-state index contributed by atoms with van der Waals surface area (Å²) in [6, 6.07) is 12.4. The molecule has 0 bridgehead atoms. The molecular formula is C20H21N5OS. The molecule has 0 spiro atoms. The molecule has 0 radical (unpaired) electrons. The minimum atomic E-state index is 0.0451. The molecule has 1 aliphatic carbocycles. The number of benzene rings is 1. The molecule has 1 N–H and O–H groups in total. The van der Waals surface area contributed by atoms with E-state index in [0.717, 1.165) is 36.3 Å². The molecule has 1 saturated carbocycles. The zero-order chi connectivity index (χ0) is 18.6. The third kappa shape index (κ3) is 4.03. The summed E-state index contributed by atoms with van der Waals surface area (Å²) in [7, 11) is 0. The molecule has 0 unspecified atom stereocenters. The molecule has 1 fully saturated rings. The highest BCUT2D eigenvalue weighted by Crippen LogP contribution is 2.29. The summed E-state index contributed by atoms with van der Waals surface area (Å²) in [6.45, 7) is 2.13. The van der Waals surface area contributed by atoms with Gasteiger partial charge in [0.2, 0.25) is 5.91 Å². The third-order valence-electron chi connectivity index (χ3n) is 4.44. The van der Waals surface area contributed by atoms with Gasteiger partial charge in [0.15, 0.2) is 11.0 Å². The van der Waals surface area contributed by atoms with E-state index in [2.05, 4.69) is 39.6 Å². The number of carbonyl (C=O) groups excluding carboxylic acids is 1. The third-order valence-corrected chi connectivity index (χ3v) is 5.37. The number of pyridine rings is 1. The summed E-state index contributed by atoms with van der Waals surface area (Å²) in [5.74, 6) is 1.11. The lowest BCUT2D eigenvalue weighted by Crippen LogP contribution is -2.27. The van der Waals surface area contributed by atoms with E-state index < -0.39 is 0 Å². The second kappa shape index (κ2) is 7.92. The molecule has 1 aromatic carbocycles. The number of nitrogens with one attached hydrogen (secondary N) is 1. The fourth-order valence-corrected chi connectivity index (χ4v) is 3.67. The van der Waals surface area contributed by atoms with Gasteiger partial charge in [0.1, 0.15) is 0 Å². The predicted molar refractivity (Wildman–Crippen MR) is 106 cm³/mol. The lowest BCUT2D eigenvalue weighted by Gasteiger charge is -2.14. The predicted octanol–water partition coefficient (Wildman–Crippen LogP) is 3.26. The summed E-state index contributed by atoms with van der Waals surface area (Å²) in [5, 5.41) is 12.5. The topological polar surface area (TPSA) is 72.7 Å². The number of para-hydroxylation sites is 1. The molecule has 2 aromatic heterocycles. The number of carbonyl (C=O) groups is 1. The number of amides is 1. The first-order chi connectivity index (χ1) is 13.3. The second-order valence-electron chi connectivity index (χ2n) is 6.50. The van der Waals surface area contributed by atoms with Crippen molar-refractivity contribution in [2.24, 2.45) is 0 Å². The van der Waals surface area contributed by atoms with Gasteiger partial charge in [-0.05, 0) is 43.0 Å². The van der Waals surface area contributed by atoms with Crippen LogP contribution in [-0.2, 0) is 11.2 Å². The maximum Gasteiger partial charge on any atom is 0.230 e. The van der Waals surface area contributed by atoms with Crippen molar-refractivity contribution in [3.8, 4) is 17.1 Å². The van der Waals surface area contributed by atoms with Crippen molar-refractivity contribution in [1.29, 1.82) is 0 Å². The summed E-state index contributed by atoms with van der Waals surface area (Å²) in [4.78, 5) is 16.3. The van der Waals surface area contributed by atoms with Crippen molar-refractivity contribution < 1.29 is 4.79 Å². The minimum absolute atomic E-state index is 0.0451. The first kappa shape index (κ1) is 17.7. The number of hydrogen-bond donors (Lipinski definition) is 1. The molecule has 1 aliphatic rings. The Kier molecular flexibility index (Phi) is 5.20. The Hall–Kier alpha value is -2.67. The summed E-state index contributed by atoms with van der Waals surface area (Å²) < 4.78 is 2.03. The molecular weight excluding hydrogens is 358 g/mol. The SMILES string of the molecule is CCc1ccccc1-n1c(SCC(=O)NC2CC2)nnc1-c1cccnc1. The largest absolute Gasteiger partial charge is 0.353 e. The Balaban J connectivity index is 1.70. The van der Waals surface area contributed by atoms with Crippen LogP contribution in [0.3, 0.4) is 0 Å². The normalized spacial score (nSPS) is 13.5. The van der Waals surface area contributed by atoms with Crippen LogP contribution in [0.5, 0.6) is 0 Å². The molecule has 7 heteroatoms. The maximum atomic E-state index is 12.1. The van der Waals surface area contributed by atoms with Crippen molar-refractivity contribution in [2.45, 2.75) is 37.4 Å². The fraction of sp³-hybridized carbons (Fsp3) is 0.300. The van der Waals surface area contributed by atoms with Crippen LogP contribution in [0.2, 0.25) is 0 Å². The quantitative estimate of drug-likeness (QED) is 0.638. The van der Waals surface area contributed by atoms with Crippen LogP contribution in [0.1, 0.15) is 25.3 Å². The van der Waals surface area contributed by atoms with Gasteiger partial charge in [0.05, 0.1) is 11.4 Å². The molecule has 3 aromatic rings. The molecule has 1 amide bonds. The van der Waals surface area contributed by atoms with Gasteiger partial charge in [-0.1, -0.05) is 36.9 Å². The summed E-state index contributed by atoms with van der Waals surface area (Å²) in [6.07, 6.45) is 6.59. The van der Waals surface area contributed by atoms with Gasteiger partial charge in [0, 0.05) is 24.0 Å². The Labute approximate surface area is 162 Å². The van der Waals surface area contributed by atoms with Gasteiger partial charge < -0.3 is 5.32 Å². The second-order valence-corrected chi connectivity index (χ2v) is 7.44. The van der Waals surface area contributed by atoms with Crippen molar-refractivity contribution in [3.63, 3.8) is 0 Å². The van der Waals surface area contributed by atoms with E-state index >= 15 is 0 Å². The standard InChI is InChI=1S/C20H21N5OS/c1-2-14-6-3-4-8-17(14)25-19(15-7-5-11-21-12-15)23-24-20(25)27-13-18(26)22-16-9-10-16/h3-8,11-12,16H,2,9-10,13H2,1H3,(H,22,26). The zero-order valence-electron chi connectivity index (χ0n) is 15.1. The van der Waals surface area contributed by atoms with Crippen molar-refractivity contribution >= 4 is 17.7 Å². The van der Waals surface area contributed by atoms with Crippen molar-refractivity contribution in [3.05, 3.63) is 54.4 Å². The number of aryl methyl sites for hydroxylation is 1. The average Bonchev–Trinajstić information content (AvgIpc) is 3.42. The number of rotatable bonds is 7. The van der Waals surface area contributed by atoms with E-state index in [1.54, 1.807) is 12.4 Å². The molecule has 0 aliphatic heterocycles. The van der Waals surface area contributed by atoms with Crippen molar-refractivity contribution in [2.75, 3.05) is 5.75 Å². The first-order valence-corrected chi connectivity index (χ1v) is 10.1. The highest BCUT2D eigenvalue weighted by Gasteiger charge is 2.24. The van der Waals surface area contributed by atoms with E-state index in [4.69, 9.17) is 0 Å². The minimum Gasteiger partial charge on any atom is -0.353 e. The maximum absolute atomic E-state index is 12.1. The summed E-state index contributed by atoms with van der Waals surface area (Å²) in [5.41, 5.74) is 3.13. The Morgan fingerprint density at radius 2 is 2.07 bits per heavy atom. The first-order valence-electron chi connectivity index (χ1n) is 9.12. The monoisotopic (exact) mass is 379 g/mol. The molecule has 0 saturated heterocycles. The van der Waals surface area contributed by atoms with E-state index in [1.165, 1.54) is 17.3 Å². The highest BCUT2D eigenvalue weighted by molar-refractivity contribution is 7.99. The molecule has 138 valence electrons. The lowest BCUT2D eigenvalue weighted by atomic mass is 10.1. The van der Waals surface area contributed by atoms with E-state index in [9.17, 15) is 4.79 Å². The van der Waals surface area contributed by atoms with Gasteiger partial charge in [-0.2, -0.15) is 0 Å². The van der Waals surface area contributed by atoms with E-state index in [-0.39, 0.29) is 5.91 Å². The van der Waals surface area contributed by atoms with Crippen LogP contribution < -0.4 is 5.32 Å². The van der Waals surface area contributed by atoms with Gasteiger partial charge in [-0.3, -0.25) is 14.3 Å². The number of thioether (sulfide) groups is 1. The highest BCUT2D eigenvalue weighted by atomic mass is 32.2. The lowest BCUT2D eigenvalue weighted by molar-refractivity contribution is -0.118. The number of hydrogen-bond acceptors (Lipinski definition) is 5. The van der Waals surface area contributed by atoms with Crippen LogP contribution in [-0.4, -0.2) is 37.5 Å². The zero-order valence-corrected chi connectivity index (χ0v) is 15.9. The molecule has 0 atom stereocenters. The van der Waals surface area contributed by atoms with Crippen LogP contribution >= 0.6 is 11.8 Å². The number of aromatic nitrogens is 4. The van der Waals surface area contributed by atoms with Crippen molar-refractivity contribution in [1.82, 2.24) is 25.1 Å². The smallest absolute Gasteiger partial charge is 0.230 e. The molecule has 27 heavy (non-hydrogen) atoms. The number of nitrogens with zero attached hydrogens (tertiary/aromatic N) is 4. The molecule has 4 rings (SSSR count). The van der Waals surface area contributed by atoms with Gasteiger partial charge >= 0.3 is 0 Å².